The van der Waals surface area contributed by atoms with Gasteiger partial charge in [-0.2, -0.15) is 0 Å². The first kappa shape index (κ1) is 19.5. The summed E-state index contributed by atoms with van der Waals surface area (Å²) < 4.78 is 2.37. The second-order valence-corrected chi connectivity index (χ2v) is 9.50. The molecule has 3 fully saturated rings. The Morgan fingerprint density at radius 3 is 2.20 bits per heavy atom. The smallest absolute Gasteiger partial charge is 0.225 e. The predicted molar refractivity (Wildman–Crippen MR) is 107 cm³/mol. The molecule has 0 spiro atoms. The van der Waals surface area contributed by atoms with E-state index >= 15 is 0 Å². The van der Waals surface area contributed by atoms with Crippen LogP contribution in [0.15, 0.2) is 0 Å². The number of nitrogens with zero attached hydrogens (tertiary/aromatic N) is 3. The number of amides is 1. The molecule has 0 bridgehead atoms. The van der Waals surface area contributed by atoms with Crippen LogP contribution in [0.4, 0.5) is 0 Å². The normalized spacial score (nSPS) is 32.1. The Bertz CT molecular complexity index is 471. The Kier molecular flexibility index (Phi) is 7.14. The van der Waals surface area contributed by atoms with E-state index in [1.807, 2.05) is 0 Å². The van der Waals surface area contributed by atoms with Crippen molar-refractivity contribution < 1.29 is 9.59 Å². The van der Waals surface area contributed by atoms with Crippen LogP contribution in [-0.2, 0) is 9.59 Å². The molecule has 0 aromatic carbocycles. The van der Waals surface area contributed by atoms with Crippen LogP contribution in [0.1, 0.15) is 45.4 Å². The summed E-state index contributed by atoms with van der Waals surface area (Å²) in [6, 6.07) is 0. The summed E-state index contributed by atoms with van der Waals surface area (Å²) >= 11 is 2.41. The zero-order valence-corrected chi connectivity index (χ0v) is 17.6. The van der Waals surface area contributed by atoms with Gasteiger partial charge in [0.15, 0.2) is 0 Å². The van der Waals surface area contributed by atoms with Crippen LogP contribution in [0.3, 0.4) is 0 Å². The standard InChI is InChI=1S/C19H32IN3O2/c1-15(24)17-2-4-18(5-3-17)19(25)22-9-7-16(14-22)6-8-21-10-12-23(20)13-11-21/h16-18H,2-14H2,1H3. The molecule has 0 aromatic heterocycles. The van der Waals surface area contributed by atoms with Gasteiger partial charge in [0.25, 0.3) is 0 Å². The summed E-state index contributed by atoms with van der Waals surface area (Å²) in [7, 11) is 0. The third-order valence-electron chi connectivity index (χ3n) is 6.42. The van der Waals surface area contributed by atoms with E-state index in [2.05, 4.69) is 35.8 Å². The van der Waals surface area contributed by atoms with Crippen molar-refractivity contribution in [2.45, 2.75) is 45.4 Å². The van der Waals surface area contributed by atoms with Crippen molar-refractivity contribution in [3.8, 4) is 0 Å². The Balaban J connectivity index is 1.37. The Labute approximate surface area is 166 Å². The minimum absolute atomic E-state index is 0.172. The van der Waals surface area contributed by atoms with Crippen LogP contribution in [0, 0.1) is 17.8 Å². The number of ketones is 1. The molecule has 1 atom stereocenters. The Hall–Kier alpha value is -0.210. The van der Waals surface area contributed by atoms with E-state index < -0.39 is 0 Å². The van der Waals surface area contributed by atoms with Gasteiger partial charge >= 0.3 is 0 Å². The lowest BCUT2D eigenvalue weighted by Crippen LogP contribution is -2.43. The fourth-order valence-corrected chi connectivity index (χ4v) is 5.02. The highest BCUT2D eigenvalue weighted by atomic mass is 127. The quantitative estimate of drug-likeness (QED) is 0.467. The molecule has 25 heavy (non-hydrogen) atoms. The second-order valence-electron chi connectivity index (χ2n) is 8.14. The SMILES string of the molecule is CC(=O)C1CCC(C(=O)N2CCC(CCN3CCN(I)CC3)C2)CC1. The highest BCUT2D eigenvalue weighted by Gasteiger charge is 2.34. The molecule has 6 heteroatoms. The lowest BCUT2D eigenvalue weighted by Gasteiger charge is -2.32. The minimum Gasteiger partial charge on any atom is -0.342 e. The molecular weight excluding hydrogens is 429 g/mol. The highest BCUT2D eigenvalue weighted by molar-refractivity contribution is 14.1. The molecule has 5 nitrogen and oxygen atoms in total. The third-order valence-corrected chi connectivity index (χ3v) is 7.39. The summed E-state index contributed by atoms with van der Waals surface area (Å²) in [6.45, 7) is 9.46. The van der Waals surface area contributed by atoms with Gasteiger partial charge in [0.05, 0.1) is 0 Å². The maximum atomic E-state index is 12.8. The monoisotopic (exact) mass is 461 g/mol. The molecule has 3 rings (SSSR count). The number of piperazine rings is 1. The average Bonchev–Trinajstić information content (AvgIpc) is 3.10. The maximum Gasteiger partial charge on any atom is 0.225 e. The van der Waals surface area contributed by atoms with Gasteiger partial charge in [-0.25, -0.2) is 3.11 Å². The number of Topliss-reactive ketones (excluding diaryl/α,β-unsaturated/α-hetero) is 1. The number of rotatable bonds is 5. The molecule has 1 unspecified atom stereocenters. The van der Waals surface area contributed by atoms with E-state index in [-0.39, 0.29) is 11.8 Å². The third kappa shape index (κ3) is 5.39. The van der Waals surface area contributed by atoms with E-state index in [4.69, 9.17) is 0 Å². The number of likely N-dealkylation sites (tertiary alicyclic amines) is 1. The Morgan fingerprint density at radius 1 is 0.920 bits per heavy atom. The number of carbonyl (C=O) groups excluding carboxylic acids is 2. The number of carbonyl (C=O) groups is 2. The predicted octanol–water partition coefficient (Wildman–Crippen LogP) is 2.59. The van der Waals surface area contributed by atoms with Crippen molar-refractivity contribution in [3.63, 3.8) is 0 Å². The van der Waals surface area contributed by atoms with Gasteiger partial charge in [-0.1, -0.05) is 0 Å². The van der Waals surface area contributed by atoms with Crippen molar-refractivity contribution in [3.05, 3.63) is 0 Å². The molecule has 2 aliphatic heterocycles. The van der Waals surface area contributed by atoms with Crippen molar-refractivity contribution in [1.82, 2.24) is 12.9 Å². The van der Waals surface area contributed by atoms with Crippen LogP contribution in [0.5, 0.6) is 0 Å². The molecule has 1 saturated carbocycles. The van der Waals surface area contributed by atoms with E-state index in [0.29, 0.717) is 17.6 Å². The molecule has 2 heterocycles. The first-order valence-electron chi connectivity index (χ1n) is 9.95. The summed E-state index contributed by atoms with van der Waals surface area (Å²) in [4.78, 5) is 29.0. The van der Waals surface area contributed by atoms with E-state index in [0.717, 1.165) is 38.8 Å². The largest absolute Gasteiger partial charge is 0.342 e. The lowest BCUT2D eigenvalue weighted by atomic mass is 9.80. The summed E-state index contributed by atoms with van der Waals surface area (Å²) in [6.07, 6.45) is 6.02. The first-order valence-corrected chi connectivity index (χ1v) is 10.9. The van der Waals surface area contributed by atoms with E-state index in [1.54, 1.807) is 6.92 Å². The minimum atomic E-state index is 0.172. The molecule has 1 aliphatic carbocycles. The average molecular weight is 461 g/mol. The van der Waals surface area contributed by atoms with Crippen LogP contribution in [0.25, 0.3) is 0 Å². The summed E-state index contributed by atoms with van der Waals surface area (Å²) in [5.74, 6) is 1.72. The molecule has 142 valence electrons. The van der Waals surface area contributed by atoms with Crippen molar-refractivity contribution in [2.75, 3.05) is 45.8 Å². The van der Waals surface area contributed by atoms with Gasteiger partial charge in [-0.3, -0.25) is 9.59 Å². The molecular formula is C19H32IN3O2. The van der Waals surface area contributed by atoms with Gasteiger partial charge in [0.1, 0.15) is 5.78 Å². The molecule has 0 aromatic rings. The molecule has 3 aliphatic rings. The molecule has 0 radical (unpaired) electrons. The van der Waals surface area contributed by atoms with Crippen LogP contribution in [0.2, 0.25) is 0 Å². The van der Waals surface area contributed by atoms with Crippen LogP contribution in [-0.4, -0.2) is 70.4 Å². The lowest BCUT2D eigenvalue weighted by molar-refractivity contribution is -0.137. The number of hydrogen-bond donors (Lipinski definition) is 0. The van der Waals surface area contributed by atoms with Crippen molar-refractivity contribution in [2.24, 2.45) is 17.8 Å². The van der Waals surface area contributed by atoms with Crippen LogP contribution >= 0.6 is 22.9 Å². The fraction of sp³-hybridized carbons (Fsp3) is 0.895. The number of halogens is 1. The van der Waals surface area contributed by atoms with Gasteiger partial charge in [0, 0.05) is 74.0 Å². The van der Waals surface area contributed by atoms with Crippen molar-refractivity contribution in [1.29, 1.82) is 0 Å². The summed E-state index contributed by atoms with van der Waals surface area (Å²) in [5, 5.41) is 0. The molecule has 1 amide bonds. The number of hydrogen-bond acceptors (Lipinski definition) is 4. The van der Waals surface area contributed by atoms with Gasteiger partial charge < -0.3 is 9.80 Å². The Morgan fingerprint density at radius 2 is 1.56 bits per heavy atom. The zero-order chi connectivity index (χ0) is 17.8. The maximum absolute atomic E-state index is 12.8. The highest BCUT2D eigenvalue weighted by Crippen LogP contribution is 2.32. The fourth-order valence-electron chi connectivity index (χ4n) is 4.59. The molecule has 0 N–H and O–H groups in total. The topological polar surface area (TPSA) is 43.9 Å². The zero-order valence-electron chi connectivity index (χ0n) is 15.5. The van der Waals surface area contributed by atoms with E-state index in [9.17, 15) is 9.59 Å². The summed E-state index contributed by atoms with van der Waals surface area (Å²) in [5.41, 5.74) is 0. The van der Waals surface area contributed by atoms with Gasteiger partial charge in [-0.15, -0.1) is 0 Å². The van der Waals surface area contributed by atoms with E-state index in [1.165, 1.54) is 45.6 Å². The second kappa shape index (κ2) is 9.13. The molecule has 2 saturated heterocycles. The van der Waals surface area contributed by atoms with Crippen LogP contribution < -0.4 is 0 Å². The van der Waals surface area contributed by atoms with Crippen molar-refractivity contribution >= 4 is 34.6 Å². The van der Waals surface area contributed by atoms with Gasteiger partial charge in [-0.05, 0) is 57.9 Å². The first-order chi connectivity index (χ1) is 12.0. The van der Waals surface area contributed by atoms with Gasteiger partial charge in [0.2, 0.25) is 5.91 Å².